The summed E-state index contributed by atoms with van der Waals surface area (Å²) < 4.78 is 27.6. The molecule has 1 rings (SSSR count). The van der Waals surface area contributed by atoms with Crippen LogP contribution in [0.15, 0.2) is 23.1 Å². The van der Waals surface area contributed by atoms with Crippen LogP contribution in [0.1, 0.15) is 0 Å². The third kappa shape index (κ3) is 4.51. The normalized spacial score (nSPS) is 11.4. The molecular weight excluding hydrogens is 270 g/mol. The van der Waals surface area contributed by atoms with E-state index in [4.69, 9.17) is 9.88 Å². The number of ether oxygens (including phenoxy) is 1. The van der Waals surface area contributed by atoms with E-state index in [1.54, 1.807) is 19.0 Å². The lowest BCUT2D eigenvalue weighted by Crippen LogP contribution is -2.27. The van der Waals surface area contributed by atoms with Crippen LogP contribution in [-0.4, -0.2) is 47.0 Å². The predicted molar refractivity (Wildman–Crippen MR) is 71.6 cm³/mol. The Hall–Kier alpha value is -1.64. The van der Waals surface area contributed by atoms with Crippen molar-refractivity contribution in [3.63, 3.8) is 0 Å². The first-order valence-electron chi connectivity index (χ1n) is 5.39. The molecule has 3 N–H and O–H groups in total. The molecule has 0 radical (unpaired) electrons. The monoisotopic (exact) mass is 287 g/mol. The summed E-state index contributed by atoms with van der Waals surface area (Å²) in [5, 5.41) is 7.62. The molecule has 106 valence electrons. The molecule has 0 aliphatic heterocycles. The number of carbonyl (C=O) groups is 1. The first kappa shape index (κ1) is 15.4. The molecule has 0 aromatic heterocycles. The number of likely N-dealkylation sites (N-methyl/N-ethyl adjacent to an activating group) is 1. The van der Waals surface area contributed by atoms with Gasteiger partial charge in [0.15, 0.2) is 0 Å². The minimum absolute atomic E-state index is 0.0894. The zero-order valence-electron chi connectivity index (χ0n) is 11.0. The van der Waals surface area contributed by atoms with Crippen molar-refractivity contribution in [1.82, 2.24) is 4.90 Å². The van der Waals surface area contributed by atoms with E-state index in [1.807, 2.05) is 0 Å². The highest BCUT2D eigenvalue weighted by Crippen LogP contribution is 2.26. The summed E-state index contributed by atoms with van der Waals surface area (Å²) in [5.74, 6) is 0.0781. The molecule has 8 heteroatoms. The second-order valence-electron chi connectivity index (χ2n) is 4.19. The van der Waals surface area contributed by atoms with E-state index in [9.17, 15) is 13.2 Å². The van der Waals surface area contributed by atoms with E-state index in [1.165, 1.54) is 25.3 Å². The van der Waals surface area contributed by atoms with Crippen LogP contribution in [0.4, 0.5) is 5.69 Å². The van der Waals surface area contributed by atoms with Gasteiger partial charge >= 0.3 is 0 Å². The number of rotatable bonds is 5. The first-order chi connectivity index (χ1) is 8.74. The van der Waals surface area contributed by atoms with E-state index >= 15 is 0 Å². The van der Waals surface area contributed by atoms with Crippen molar-refractivity contribution < 1.29 is 17.9 Å². The average molecular weight is 287 g/mol. The summed E-state index contributed by atoms with van der Waals surface area (Å²) in [6, 6.07) is 4.02. The van der Waals surface area contributed by atoms with Gasteiger partial charge in [-0.1, -0.05) is 0 Å². The van der Waals surface area contributed by atoms with Crippen LogP contribution in [0.2, 0.25) is 0 Å². The summed E-state index contributed by atoms with van der Waals surface area (Å²) in [5.41, 5.74) is 0.265. The molecule has 0 aliphatic rings. The number of primary sulfonamides is 1. The summed E-state index contributed by atoms with van der Waals surface area (Å²) in [4.78, 5) is 13.3. The Balaban J connectivity index is 3.07. The molecule has 1 aromatic rings. The maximum Gasteiger partial charge on any atom is 0.238 e. The van der Waals surface area contributed by atoms with E-state index in [0.717, 1.165) is 0 Å². The van der Waals surface area contributed by atoms with Gasteiger partial charge in [-0.05, 0) is 32.3 Å². The Morgan fingerprint density at radius 1 is 1.42 bits per heavy atom. The van der Waals surface area contributed by atoms with Crippen molar-refractivity contribution in [2.75, 3.05) is 33.1 Å². The summed E-state index contributed by atoms with van der Waals surface area (Å²) in [6.45, 7) is 0.169. The van der Waals surface area contributed by atoms with Crippen LogP contribution in [0, 0.1) is 0 Å². The molecule has 7 nitrogen and oxygen atoms in total. The van der Waals surface area contributed by atoms with Gasteiger partial charge in [0.2, 0.25) is 15.9 Å². The third-order valence-corrected chi connectivity index (χ3v) is 3.14. The highest BCUT2D eigenvalue weighted by atomic mass is 32.2. The van der Waals surface area contributed by atoms with Gasteiger partial charge in [-0.15, -0.1) is 0 Å². The van der Waals surface area contributed by atoms with Gasteiger partial charge in [0.1, 0.15) is 5.75 Å². The maximum absolute atomic E-state index is 11.7. The number of carbonyl (C=O) groups excluding carboxylic acids is 1. The van der Waals surface area contributed by atoms with Crippen molar-refractivity contribution in [2.45, 2.75) is 4.90 Å². The smallest absolute Gasteiger partial charge is 0.238 e. The fourth-order valence-electron chi connectivity index (χ4n) is 1.44. The zero-order chi connectivity index (χ0) is 14.6. The van der Waals surface area contributed by atoms with Crippen LogP contribution in [0.3, 0.4) is 0 Å². The van der Waals surface area contributed by atoms with Gasteiger partial charge in [-0.25, -0.2) is 13.6 Å². The fraction of sp³-hybridized carbons (Fsp3) is 0.364. The molecule has 0 spiro atoms. The second kappa shape index (κ2) is 6.00. The number of sulfonamides is 1. The molecular formula is C11H17N3O4S. The van der Waals surface area contributed by atoms with Gasteiger partial charge in [0, 0.05) is 0 Å². The molecule has 1 amide bonds. The molecule has 1 aromatic carbocycles. The number of methoxy groups -OCH3 is 1. The molecule has 0 saturated heterocycles. The van der Waals surface area contributed by atoms with E-state index in [-0.39, 0.29) is 23.0 Å². The maximum atomic E-state index is 11.7. The van der Waals surface area contributed by atoms with Crippen molar-refractivity contribution in [2.24, 2.45) is 5.14 Å². The Bertz CT molecular complexity index is 569. The molecule has 0 aliphatic carbocycles. The molecule has 0 heterocycles. The first-order valence-corrected chi connectivity index (χ1v) is 6.94. The van der Waals surface area contributed by atoms with E-state index in [0.29, 0.717) is 5.75 Å². The van der Waals surface area contributed by atoms with Gasteiger partial charge in [-0.3, -0.25) is 4.79 Å². The molecule has 0 saturated carbocycles. The quantitative estimate of drug-likeness (QED) is 0.783. The Morgan fingerprint density at radius 2 is 2.05 bits per heavy atom. The van der Waals surface area contributed by atoms with Crippen molar-refractivity contribution in [3.05, 3.63) is 18.2 Å². The SMILES string of the molecule is COc1ccc(S(N)(=O)=O)cc1NC(=O)CN(C)C. The number of hydrogen-bond acceptors (Lipinski definition) is 5. The highest BCUT2D eigenvalue weighted by Gasteiger charge is 2.14. The molecule has 0 atom stereocenters. The van der Waals surface area contributed by atoms with Crippen molar-refractivity contribution >= 4 is 21.6 Å². The molecule has 0 unspecified atom stereocenters. The van der Waals surface area contributed by atoms with Crippen LogP contribution in [0.5, 0.6) is 5.75 Å². The number of hydrogen-bond donors (Lipinski definition) is 2. The predicted octanol–water partition coefficient (Wildman–Crippen LogP) is -0.157. The second-order valence-corrected chi connectivity index (χ2v) is 5.75. The minimum atomic E-state index is -3.83. The third-order valence-electron chi connectivity index (χ3n) is 2.23. The van der Waals surface area contributed by atoms with Gasteiger partial charge < -0.3 is 15.0 Å². The number of nitrogens with one attached hydrogen (secondary N) is 1. The Kier molecular flexibility index (Phi) is 4.87. The lowest BCUT2D eigenvalue weighted by atomic mass is 10.3. The van der Waals surface area contributed by atoms with Gasteiger partial charge in [0.05, 0.1) is 24.2 Å². The van der Waals surface area contributed by atoms with Crippen LogP contribution < -0.4 is 15.2 Å². The summed E-state index contributed by atoms with van der Waals surface area (Å²) in [7, 11) is 1.09. The number of nitrogens with zero attached hydrogens (tertiary/aromatic N) is 1. The van der Waals surface area contributed by atoms with Crippen LogP contribution in [0.25, 0.3) is 0 Å². The number of nitrogens with two attached hydrogens (primary N) is 1. The Labute approximate surface area is 112 Å². The van der Waals surface area contributed by atoms with Crippen LogP contribution >= 0.6 is 0 Å². The van der Waals surface area contributed by atoms with Gasteiger partial charge in [0.25, 0.3) is 0 Å². The van der Waals surface area contributed by atoms with Gasteiger partial charge in [-0.2, -0.15) is 0 Å². The van der Waals surface area contributed by atoms with Crippen molar-refractivity contribution in [3.8, 4) is 5.75 Å². The standard InChI is InChI=1S/C11H17N3O4S/c1-14(2)7-11(15)13-9-6-8(19(12,16)17)4-5-10(9)18-3/h4-6H,7H2,1-3H3,(H,13,15)(H2,12,16,17). The highest BCUT2D eigenvalue weighted by molar-refractivity contribution is 7.89. The topological polar surface area (TPSA) is 102 Å². The Morgan fingerprint density at radius 3 is 2.53 bits per heavy atom. The minimum Gasteiger partial charge on any atom is -0.495 e. The summed E-state index contributed by atoms with van der Waals surface area (Å²) >= 11 is 0. The zero-order valence-corrected chi connectivity index (χ0v) is 11.8. The fourth-order valence-corrected chi connectivity index (χ4v) is 1.98. The lowest BCUT2D eigenvalue weighted by molar-refractivity contribution is -0.116. The average Bonchev–Trinajstić information content (AvgIpc) is 2.26. The van der Waals surface area contributed by atoms with Crippen molar-refractivity contribution in [1.29, 1.82) is 0 Å². The van der Waals surface area contributed by atoms with E-state index in [2.05, 4.69) is 5.32 Å². The van der Waals surface area contributed by atoms with E-state index < -0.39 is 10.0 Å². The molecule has 0 bridgehead atoms. The number of anilines is 1. The molecule has 19 heavy (non-hydrogen) atoms. The largest absolute Gasteiger partial charge is 0.495 e. The summed E-state index contributed by atoms with van der Waals surface area (Å²) in [6.07, 6.45) is 0. The van der Waals surface area contributed by atoms with Crippen LogP contribution in [-0.2, 0) is 14.8 Å². The lowest BCUT2D eigenvalue weighted by Gasteiger charge is -2.13. The number of benzene rings is 1. The number of amides is 1. The molecule has 0 fully saturated rings.